The molecule has 0 spiro atoms. The Balaban J connectivity index is 1.81. The van der Waals surface area contributed by atoms with E-state index in [9.17, 15) is 4.79 Å². The third kappa shape index (κ3) is 2.31. The largest absolute Gasteiger partial charge is 0.348 e. The predicted octanol–water partition coefficient (Wildman–Crippen LogP) is -0.108. The van der Waals surface area contributed by atoms with Crippen LogP contribution in [0.15, 0.2) is 29.6 Å². The SMILES string of the molecule is CCCN1CNC(=S)N(n2ccc3c(cnc4ncnn43)c2=O)C1. The predicted molar refractivity (Wildman–Crippen MR) is 93.2 cm³/mol. The summed E-state index contributed by atoms with van der Waals surface area (Å²) in [5.74, 6) is 0.462. The molecule has 0 aliphatic carbocycles. The van der Waals surface area contributed by atoms with Crippen LogP contribution in [0.4, 0.5) is 0 Å². The molecule has 9 nitrogen and oxygen atoms in total. The molecule has 0 atom stereocenters. The van der Waals surface area contributed by atoms with Gasteiger partial charge in [-0.25, -0.2) is 14.7 Å². The number of pyridine rings is 1. The normalized spacial score (nSPS) is 16.0. The van der Waals surface area contributed by atoms with E-state index in [4.69, 9.17) is 12.2 Å². The van der Waals surface area contributed by atoms with Crippen molar-refractivity contribution in [2.45, 2.75) is 13.3 Å². The van der Waals surface area contributed by atoms with Gasteiger partial charge in [-0.15, -0.1) is 0 Å². The Kier molecular flexibility index (Phi) is 3.62. The average Bonchev–Trinajstić information content (AvgIpc) is 3.06. The Bertz CT molecular complexity index is 980. The molecule has 4 rings (SSSR count). The number of rotatable bonds is 3. The lowest BCUT2D eigenvalue weighted by molar-refractivity contribution is 0.243. The first-order chi connectivity index (χ1) is 11.7. The molecule has 10 heteroatoms. The highest BCUT2D eigenvalue weighted by atomic mass is 32.1. The molecule has 1 fully saturated rings. The molecule has 0 saturated carbocycles. The number of hydrogen-bond donors (Lipinski definition) is 1. The van der Waals surface area contributed by atoms with Gasteiger partial charge in [-0.05, 0) is 24.7 Å². The highest BCUT2D eigenvalue weighted by molar-refractivity contribution is 7.80. The van der Waals surface area contributed by atoms with Gasteiger partial charge < -0.3 is 5.32 Å². The Hall–Kier alpha value is -2.59. The minimum absolute atomic E-state index is 0.195. The maximum absolute atomic E-state index is 12.9. The van der Waals surface area contributed by atoms with Crippen LogP contribution in [0.25, 0.3) is 16.7 Å². The molecule has 0 aromatic carbocycles. The molecule has 1 aliphatic rings. The summed E-state index contributed by atoms with van der Waals surface area (Å²) in [7, 11) is 0. The van der Waals surface area contributed by atoms with Crippen LogP contribution in [0.3, 0.4) is 0 Å². The Morgan fingerprint density at radius 3 is 3.08 bits per heavy atom. The van der Waals surface area contributed by atoms with Gasteiger partial charge in [0.2, 0.25) is 0 Å². The third-order valence-electron chi connectivity index (χ3n) is 3.98. The molecule has 3 aromatic rings. The molecule has 1 saturated heterocycles. The van der Waals surface area contributed by atoms with Crippen molar-refractivity contribution in [2.24, 2.45) is 0 Å². The van der Waals surface area contributed by atoms with Gasteiger partial charge >= 0.3 is 0 Å². The zero-order valence-corrected chi connectivity index (χ0v) is 13.9. The first kappa shape index (κ1) is 15.0. The quantitative estimate of drug-likeness (QED) is 0.659. The lowest BCUT2D eigenvalue weighted by Crippen LogP contribution is -2.62. The van der Waals surface area contributed by atoms with Gasteiger partial charge in [-0.2, -0.15) is 14.6 Å². The summed E-state index contributed by atoms with van der Waals surface area (Å²) >= 11 is 5.38. The van der Waals surface area contributed by atoms with E-state index in [0.29, 0.717) is 35.1 Å². The van der Waals surface area contributed by atoms with Gasteiger partial charge in [-0.1, -0.05) is 6.92 Å². The van der Waals surface area contributed by atoms with Crippen LogP contribution in [0, 0.1) is 0 Å². The summed E-state index contributed by atoms with van der Waals surface area (Å²) in [6.07, 6.45) is 5.68. The molecule has 0 radical (unpaired) electrons. The summed E-state index contributed by atoms with van der Waals surface area (Å²) in [4.78, 5) is 23.3. The fraction of sp³-hybridized carbons (Fsp3) is 0.357. The van der Waals surface area contributed by atoms with Crippen molar-refractivity contribution in [3.05, 3.63) is 35.1 Å². The summed E-state index contributed by atoms with van der Waals surface area (Å²) in [6.45, 7) is 4.29. The number of nitrogens with one attached hydrogen (secondary N) is 1. The number of nitrogens with zero attached hydrogens (tertiary/aromatic N) is 7. The number of thiocarbonyl (C=S) groups is 1. The van der Waals surface area contributed by atoms with Crippen molar-refractivity contribution in [3.63, 3.8) is 0 Å². The zero-order chi connectivity index (χ0) is 16.7. The molecule has 0 bridgehead atoms. The topological polar surface area (TPSA) is 83.6 Å². The molecule has 24 heavy (non-hydrogen) atoms. The van der Waals surface area contributed by atoms with E-state index in [2.05, 4.69) is 32.2 Å². The molecule has 124 valence electrons. The smallest absolute Gasteiger partial charge is 0.280 e. The van der Waals surface area contributed by atoms with Gasteiger partial charge in [0.05, 0.1) is 24.2 Å². The average molecular weight is 344 g/mol. The van der Waals surface area contributed by atoms with E-state index in [-0.39, 0.29) is 5.56 Å². The van der Waals surface area contributed by atoms with E-state index in [1.165, 1.54) is 17.2 Å². The van der Waals surface area contributed by atoms with Crippen molar-refractivity contribution in [1.82, 2.24) is 34.5 Å². The summed E-state index contributed by atoms with van der Waals surface area (Å²) in [5, 5.41) is 10.0. The Morgan fingerprint density at radius 2 is 2.25 bits per heavy atom. The molecule has 1 aliphatic heterocycles. The fourth-order valence-corrected chi connectivity index (χ4v) is 3.06. The van der Waals surface area contributed by atoms with Gasteiger partial charge in [0.25, 0.3) is 11.3 Å². The molecule has 4 heterocycles. The first-order valence-corrected chi connectivity index (χ1v) is 8.08. The van der Waals surface area contributed by atoms with Crippen molar-refractivity contribution in [1.29, 1.82) is 0 Å². The molecular weight excluding hydrogens is 328 g/mol. The van der Waals surface area contributed by atoms with Gasteiger partial charge in [-0.3, -0.25) is 9.69 Å². The monoisotopic (exact) mass is 344 g/mol. The van der Waals surface area contributed by atoms with E-state index < -0.39 is 0 Å². The number of hydrogen-bond acceptors (Lipinski definition) is 6. The molecular formula is C14H16N8OS. The fourth-order valence-electron chi connectivity index (χ4n) is 2.85. The summed E-state index contributed by atoms with van der Waals surface area (Å²) in [5.41, 5.74) is 0.472. The summed E-state index contributed by atoms with van der Waals surface area (Å²) in [6, 6.07) is 1.82. The Labute approximate surface area is 142 Å². The first-order valence-electron chi connectivity index (χ1n) is 7.67. The van der Waals surface area contributed by atoms with Crippen LogP contribution in [-0.4, -0.2) is 54.2 Å². The zero-order valence-electron chi connectivity index (χ0n) is 13.1. The minimum atomic E-state index is -0.195. The standard InChI is InChI=1S/C14H16N8OS/c1-2-4-19-8-17-14(24)21(9-19)20-5-3-11-10(12(20)23)6-15-13-16-7-18-22(11)13/h3,5-7H,2,4,8-9H2,1H3,(H,17,24). The van der Waals surface area contributed by atoms with E-state index >= 15 is 0 Å². The summed E-state index contributed by atoms with van der Waals surface area (Å²) < 4.78 is 3.07. The van der Waals surface area contributed by atoms with Crippen molar-refractivity contribution >= 4 is 34.0 Å². The van der Waals surface area contributed by atoms with Gasteiger partial charge in [0.15, 0.2) is 5.11 Å². The second-order valence-electron chi connectivity index (χ2n) is 5.57. The van der Waals surface area contributed by atoms with Gasteiger partial charge in [0, 0.05) is 18.9 Å². The third-order valence-corrected chi connectivity index (χ3v) is 4.33. The highest BCUT2D eigenvalue weighted by Gasteiger charge is 2.23. The van der Waals surface area contributed by atoms with Crippen molar-refractivity contribution < 1.29 is 0 Å². The lowest BCUT2D eigenvalue weighted by Gasteiger charge is -2.38. The Morgan fingerprint density at radius 1 is 1.38 bits per heavy atom. The van der Waals surface area contributed by atoms with Crippen LogP contribution in [0.5, 0.6) is 0 Å². The van der Waals surface area contributed by atoms with E-state index in [0.717, 1.165) is 13.0 Å². The van der Waals surface area contributed by atoms with Crippen LogP contribution < -0.4 is 15.9 Å². The van der Waals surface area contributed by atoms with Gasteiger partial charge in [0.1, 0.15) is 6.33 Å². The second-order valence-corrected chi connectivity index (χ2v) is 5.96. The molecule has 0 unspecified atom stereocenters. The van der Waals surface area contributed by atoms with E-state index in [1.807, 2.05) is 6.07 Å². The molecule has 0 amide bonds. The van der Waals surface area contributed by atoms with Crippen LogP contribution in [0.2, 0.25) is 0 Å². The van der Waals surface area contributed by atoms with Crippen molar-refractivity contribution in [2.75, 3.05) is 24.9 Å². The molecule has 1 N–H and O–H groups in total. The number of aromatic nitrogens is 5. The highest BCUT2D eigenvalue weighted by Crippen LogP contribution is 2.10. The van der Waals surface area contributed by atoms with Crippen LogP contribution in [-0.2, 0) is 0 Å². The second kappa shape index (κ2) is 5.80. The van der Waals surface area contributed by atoms with Crippen molar-refractivity contribution in [3.8, 4) is 0 Å². The van der Waals surface area contributed by atoms with Crippen LogP contribution >= 0.6 is 12.2 Å². The maximum Gasteiger partial charge on any atom is 0.280 e. The van der Waals surface area contributed by atoms with Crippen LogP contribution in [0.1, 0.15) is 13.3 Å². The molecule has 3 aromatic heterocycles. The minimum Gasteiger partial charge on any atom is -0.348 e. The lowest BCUT2D eigenvalue weighted by atomic mass is 10.3. The maximum atomic E-state index is 12.9. The van der Waals surface area contributed by atoms with E-state index in [1.54, 1.807) is 15.7 Å². The number of fused-ring (bicyclic) bond motifs is 3.